The Morgan fingerprint density at radius 3 is 2.50 bits per heavy atom. The van der Waals surface area contributed by atoms with Gasteiger partial charge >= 0.3 is 0 Å². The Hall–Kier alpha value is -3.45. The van der Waals surface area contributed by atoms with Crippen LogP contribution in [0.15, 0.2) is 88.4 Å². The van der Waals surface area contributed by atoms with Gasteiger partial charge < -0.3 is 9.73 Å². The summed E-state index contributed by atoms with van der Waals surface area (Å²) in [5.74, 6) is -0.570. The lowest BCUT2D eigenvalue weighted by Crippen LogP contribution is -2.15. The number of para-hydroxylation sites is 1. The number of hydrogen-bond acceptors (Lipinski definition) is 5. The Kier molecular flexibility index (Phi) is 4.67. The van der Waals surface area contributed by atoms with Crippen molar-refractivity contribution in [2.75, 3.05) is 5.32 Å². The standard InChI is InChI=1S/C21H16N2O4S/c24-21(23-19-11-10-15-6-4-5-9-18(15)22-19)20-16(12-13-27-20)14-28(25,26)17-7-2-1-3-8-17/h1-13H,14H2,(H,22,23,24). The van der Waals surface area contributed by atoms with E-state index in [0.717, 1.165) is 10.9 Å². The van der Waals surface area contributed by atoms with Crippen molar-refractivity contribution in [3.05, 3.63) is 90.4 Å². The van der Waals surface area contributed by atoms with E-state index in [1.54, 1.807) is 24.3 Å². The molecule has 0 atom stereocenters. The molecule has 2 heterocycles. The zero-order chi connectivity index (χ0) is 19.6. The molecule has 7 heteroatoms. The predicted molar refractivity (Wildman–Crippen MR) is 106 cm³/mol. The summed E-state index contributed by atoms with van der Waals surface area (Å²) >= 11 is 0. The number of furan rings is 1. The molecule has 0 fully saturated rings. The van der Waals surface area contributed by atoms with Gasteiger partial charge in [-0.05, 0) is 36.4 Å². The van der Waals surface area contributed by atoms with E-state index in [9.17, 15) is 13.2 Å². The summed E-state index contributed by atoms with van der Waals surface area (Å²) in [6.45, 7) is 0. The summed E-state index contributed by atoms with van der Waals surface area (Å²) < 4.78 is 30.5. The van der Waals surface area contributed by atoms with Crippen molar-refractivity contribution in [1.29, 1.82) is 0 Å². The fourth-order valence-electron chi connectivity index (χ4n) is 2.87. The number of pyridine rings is 1. The molecule has 6 nitrogen and oxygen atoms in total. The van der Waals surface area contributed by atoms with Crippen LogP contribution in [0.2, 0.25) is 0 Å². The highest BCUT2D eigenvalue weighted by Crippen LogP contribution is 2.21. The number of nitrogens with zero attached hydrogens (tertiary/aromatic N) is 1. The highest BCUT2D eigenvalue weighted by atomic mass is 32.2. The lowest BCUT2D eigenvalue weighted by molar-refractivity contribution is 0.0995. The Labute approximate surface area is 161 Å². The zero-order valence-corrected chi connectivity index (χ0v) is 15.5. The molecular weight excluding hydrogens is 376 g/mol. The van der Waals surface area contributed by atoms with Crippen molar-refractivity contribution in [2.24, 2.45) is 0 Å². The van der Waals surface area contributed by atoms with Crippen LogP contribution in [-0.4, -0.2) is 19.3 Å². The van der Waals surface area contributed by atoms with Crippen LogP contribution < -0.4 is 5.32 Å². The number of benzene rings is 2. The summed E-state index contributed by atoms with van der Waals surface area (Å²) in [5.41, 5.74) is 1.04. The van der Waals surface area contributed by atoms with Crippen LogP contribution in [0, 0.1) is 0 Å². The third-order valence-corrected chi connectivity index (χ3v) is 5.92. The van der Waals surface area contributed by atoms with Crippen molar-refractivity contribution in [2.45, 2.75) is 10.6 Å². The van der Waals surface area contributed by atoms with Crippen molar-refractivity contribution in [1.82, 2.24) is 4.98 Å². The SMILES string of the molecule is O=C(Nc1ccc2ccccc2n1)c1occc1CS(=O)(=O)c1ccccc1. The largest absolute Gasteiger partial charge is 0.459 e. The molecule has 28 heavy (non-hydrogen) atoms. The van der Waals surface area contributed by atoms with Crippen molar-refractivity contribution in [3.63, 3.8) is 0 Å². The van der Waals surface area contributed by atoms with Crippen LogP contribution in [0.4, 0.5) is 5.82 Å². The van der Waals surface area contributed by atoms with Crippen molar-refractivity contribution in [3.8, 4) is 0 Å². The fraction of sp³-hybridized carbons (Fsp3) is 0.0476. The first kappa shape index (κ1) is 17.9. The minimum atomic E-state index is -3.60. The molecular formula is C21H16N2O4S. The molecule has 4 aromatic rings. The summed E-state index contributed by atoms with van der Waals surface area (Å²) in [4.78, 5) is 17.2. The zero-order valence-electron chi connectivity index (χ0n) is 14.7. The third kappa shape index (κ3) is 3.65. The van der Waals surface area contributed by atoms with Crippen molar-refractivity contribution < 1.29 is 17.6 Å². The lowest BCUT2D eigenvalue weighted by Gasteiger charge is -2.07. The number of anilines is 1. The maximum absolute atomic E-state index is 12.6. The first-order valence-corrected chi connectivity index (χ1v) is 10.2. The average Bonchev–Trinajstić information content (AvgIpc) is 3.16. The van der Waals surface area contributed by atoms with E-state index < -0.39 is 15.7 Å². The highest BCUT2D eigenvalue weighted by Gasteiger charge is 2.22. The molecule has 2 aromatic carbocycles. The van der Waals surface area contributed by atoms with E-state index in [0.29, 0.717) is 11.4 Å². The molecule has 140 valence electrons. The Balaban J connectivity index is 1.57. The predicted octanol–water partition coefficient (Wildman–Crippen LogP) is 4.05. The lowest BCUT2D eigenvalue weighted by atomic mass is 10.2. The van der Waals surface area contributed by atoms with Gasteiger partial charge in [-0.3, -0.25) is 4.79 Å². The van der Waals surface area contributed by atoms with E-state index in [1.165, 1.54) is 24.5 Å². The molecule has 0 saturated heterocycles. The summed E-state index contributed by atoms with van der Waals surface area (Å²) in [6, 6.07) is 20.7. The fourth-order valence-corrected chi connectivity index (χ4v) is 4.25. The van der Waals surface area contributed by atoms with Gasteiger partial charge in [0.05, 0.1) is 22.4 Å². The first-order chi connectivity index (χ1) is 13.5. The second-order valence-electron chi connectivity index (χ2n) is 6.19. The molecule has 1 amide bonds. The molecule has 1 N–H and O–H groups in total. The van der Waals surface area contributed by atoms with Gasteiger partial charge in [0.25, 0.3) is 5.91 Å². The van der Waals surface area contributed by atoms with Gasteiger partial charge in [-0.25, -0.2) is 13.4 Å². The molecule has 0 bridgehead atoms. The molecule has 4 rings (SSSR count). The van der Waals surface area contributed by atoms with E-state index in [2.05, 4.69) is 10.3 Å². The second-order valence-corrected chi connectivity index (χ2v) is 8.18. The maximum atomic E-state index is 12.6. The third-order valence-electron chi connectivity index (χ3n) is 4.24. The number of rotatable bonds is 5. The van der Waals surface area contributed by atoms with Crippen LogP contribution in [0.5, 0.6) is 0 Å². The van der Waals surface area contributed by atoms with Crippen molar-refractivity contribution >= 4 is 32.5 Å². The summed E-state index contributed by atoms with van der Waals surface area (Å²) in [6.07, 6.45) is 1.30. The maximum Gasteiger partial charge on any atom is 0.292 e. The Morgan fingerprint density at radius 1 is 0.929 bits per heavy atom. The topological polar surface area (TPSA) is 89.3 Å². The number of amides is 1. The Morgan fingerprint density at radius 2 is 1.68 bits per heavy atom. The smallest absolute Gasteiger partial charge is 0.292 e. The van der Waals surface area contributed by atoms with Crippen LogP contribution in [-0.2, 0) is 15.6 Å². The number of aromatic nitrogens is 1. The molecule has 0 saturated carbocycles. The molecule has 0 aliphatic heterocycles. The second kappa shape index (κ2) is 7.28. The Bertz CT molecular complexity index is 1250. The normalized spacial score (nSPS) is 11.4. The monoisotopic (exact) mass is 392 g/mol. The average molecular weight is 392 g/mol. The van der Waals surface area contributed by atoms with E-state index in [1.807, 2.05) is 30.3 Å². The van der Waals surface area contributed by atoms with E-state index >= 15 is 0 Å². The number of carbonyl (C=O) groups excluding carboxylic acids is 1. The number of carbonyl (C=O) groups is 1. The van der Waals surface area contributed by atoms with Gasteiger partial charge in [-0.2, -0.15) is 0 Å². The van der Waals surface area contributed by atoms with E-state index in [-0.39, 0.29) is 16.4 Å². The number of fused-ring (bicyclic) bond motifs is 1. The molecule has 0 aliphatic carbocycles. The quantitative estimate of drug-likeness (QED) is 0.553. The van der Waals surface area contributed by atoms with Crippen LogP contribution in [0.1, 0.15) is 16.1 Å². The summed E-state index contributed by atoms with van der Waals surface area (Å²) in [5, 5.41) is 3.62. The molecule has 0 radical (unpaired) electrons. The van der Waals surface area contributed by atoms with Crippen LogP contribution in [0.3, 0.4) is 0 Å². The van der Waals surface area contributed by atoms with Crippen LogP contribution in [0.25, 0.3) is 10.9 Å². The highest BCUT2D eigenvalue weighted by molar-refractivity contribution is 7.90. The molecule has 0 aliphatic rings. The van der Waals surface area contributed by atoms with Gasteiger partial charge in [0.1, 0.15) is 5.82 Å². The number of nitrogens with one attached hydrogen (secondary N) is 1. The number of hydrogen-bond donors (Lipinski definition) is 1. The van der Waals surface area contributed by atoms with Gasteiger partial charge in [0.2, 0.25) is 0 Å². The number of sulfone groups is 1. The van der Waals surface area contributed by atoms with E-state index in [4.69, 9.17) is 4.42 Å². The van der Waals surface area contributed by atoms with Gasteiger partial charge in [0.15, 0.2) is 15.6 Å². The van der Waals surface area contributed by atoms with Gasteiger partial charge in [0, 0.05) is 10.9 Å². The minimum absolute atomic E-state index is 0.0468. The molecule has 0 spiro atoms. The van der Waals surface area contributed by atoms with Crippen LogP contribution >= 0.6 is 0 Å². The van der Waals surface area contributed by atoms with Gasteiger partial charge in [-0.1, -0.05) is 36.4 Å². The molecule has 0 unspecified atom stereocenters. The van der Waals surface area contributed by atoms with Gasteiger partial charge in [-0.15, -0.1) is 0 Å². The summed E-state index contributed by atoms with van der Waals surface area (Å²) in [7, 11) is -3.60. The molecule has 2 aromatic heterocycles. The minimum Gasteiger partial charge on any atom is -0.459 e. The first-order valence-electron chi connectivity index (χ1n) is 8.54.